The van der Waals surface area contributed by atoms with E-state index in [1.54, 1.807) is 18.5 Å². The highest BCUT2D eigenvalue weighted by molar-refractivity contribution is 5.79. The van der Waals surface area contributed by atoms with Crippen LogP contribution in [0.5, 0.6) is 5.88 Å². The van der Waals surface area contributed by atoms with Crippen molar-refractivity contribution < 1.29 is 14.3 Å². The minimum absolute atomic E-state index is 0.0539. The molecule has 0 radical (unpaired) electrons. The Labute approximate surface area is 202 Å². The van der Waals surface area contributed by atoms with E-state index >= 15 is 0 Å². The minimum atomic E-state index is -0.306. The van der Waals surface area contributed by atoms with Crippen molar-refractivity contribution in [1.82, 2.24) is 20.3 Å². The number of pyridine rings is 1. The predicted molar refractivity (Wildman–Crippen MR) is 130 cm³/mol. The lowest BCUT2D eigenvalue weighted by atomic mass is 9.88. The third kappa shape index (κ3) is 6.19. The average Bonchev–Trinajstić information content (AvgIpc) is 2.88. The molecule has 0 aliphatic heterocycles. The van der Waals surface area contributed by atoms with E-state index in [1.807, 2.05) is 12.1 Å². The van der Waals surface area contributed by atoms with Crippen molar-refractivity contribution in [2.24, 2.45) is 17.8 Å². The van der Waals surface area contributed by atoms with E-state index in [2.05, 4.69) is 29.1 Å². The van der Waals surface area contributed by atoms with Crippen LogP contribution in [0.4, 0.5) is 0 Å². The van der Waals surface area contributed by atoms with E-state index in [1.165, 1.54) is 12.8 Å². The largest absolute Gasteiger partial charge is 0.407 e. The Morgan fingerprint density at radius 2 is 1.65 bits per heavy atom. The van der Waals surface area contributed by atoms with Gasteiger partial charge in [-0.1, -0.05) is 52.4 Å². The van der Waals surface area contributed by atoms with Crippen LogP contribution < -0.4 is 10.1 Å². The van der Waals surface area contributed by atoms with Gasteiger partial charge in [-0.15, -0.1) is 0 Å². The molecular formula is C27H36N4O3. The topological polar surface area (TPSA) is 94.1 Å². The van der Waals surface area contributed by atoms with Crippen LogP contribution in [-0.2, 0) is 9.59 Å². The van der Waals surface area contributed by atoms with Crippen LogP contribution in [0.1, 0.15) is 89.8 Å². The molecule has 2 heterocycles. The summed E-state index contributed by atoms with van der Waals surface area (Å²) in [5.41, 5.74) is 1.39. The first-order valence-electron chi connectivity index (χ1n) is 12.8. The van der Waals surface area contributed by atoms with Crippen LogP contribution in [-0.4, -0.2) is 26.8 Å². The van der Waals surface area contributed by atoms with Gasteiger partial charge >= 0.3 is 5.97 Å². The van der Waals surface area contributed by atoms with Gasteiger partial charge in [0.2, 0.25) is 11.8 Å². The van der Waals surface area contributed by atoms with Gasteiger partial charge in [-0.3, -0.25) is 14.6 Å². The standard InChI is InChI=1S/C27H36N4O3/c1-18(2)24(31-26(32)19-10-5-3-6-11-19)22-16-23(34-27(33)20-12-7-4-8-13-20)30-25(29-22)21-14-9-15-28-17-21/h9,14-20,24H,3-8,10-13H2,1-2H3,(H,31,32)/t24-/m1/s1. The molecule has 1 amide bonds. The Morgan fingerprint density at radius 3 is 2.26 bits per heavy atom. The number of carbonyl (C=O) groups is 2. The second-order valence-corrected chi connectivity index (χ2v) is 10.0. The molecule has 0 unspecified atom stereocenters. The Hall–Kier alpha value is -2.83. The van der Waals surface area contributed by atoms with Crippen molar-refractivity contribution >= 4 is 11.9 Å². The van der Waals surface area contributed by atoms with Gasteiger partial charge in [-0.2, -0.15) is 4.98 Å². The molecule has 1 N–H and O–H groups in total. The quantitative estimate of drug-likeness (QED) is 0.550. The summed E-state index contributed by atoms with van der Waals surface area (Å²) in [5.74, 6) is 0.603. The number of nitrogens with one attached hydrogen (secondary N) is 1. The van der Waals surface area contributed by atoms with Crippen LogP contribution in [0.3, 0.4) is 0 Å². The van der Waals surface area contributed by atoms with Crippen molar-refractivity contribution in [3.8, 4) is 17.3 Å². The van der Waals surface area contributed by atoms with Crippen molar-refractivity contribution in [3.63, 3.8) is 0 Å². The molecule has 1 atom stereocenters. The molecule has 7 heteroatoms. The molecule has 2 saturated carbocycles. The monoisotopic (exact) mass is 464 g/mol. The van der Waals surface area contributed by atoms with Gasteiger partial charge in [-0.25, -0.2) is 4.98 Å². The minimum Gasteiger partial charge on any atom is -0.407 e. The Balaban J connectivity index is 1.62. The molecule has 7 nitrogen and oxygen atoms in total. The SMILES string of the molecule is CC(C)[C@@H](NC(=O)C1CCCCC1)c1cc(OC(=O)C2CCCCC2)nc(-c2cccnc2)n1. The molecule has 2 aliphatic rings. The van der Waals surface area contributed by atoms with E-state index in [0.29, 0.717) is 11.5 Å². The van der Waals surface area contributed by atoms with Gasteiger partial charge in [0.05, 0.1) is 17.7 Å². The maximum Gasteiger partial charge on any atom is 0.315 e. The number of aromatic nitrogens is 3. The van der Waals surface area contributed by atoms with Crippen molar-refractivity contribution in [1.29, 1.82) is 0 Å². The predicted octanol–water partition coefficient (Wildman–Crippen LogP) is 5.42. The number of rotatable bonds is 7. The van der Waals surface area contributed by atoms with Crippen molar-refractivity contribution in [2.45, 2.75) is 84.1 Å². The fourth-order valence-corrected chi connectivity index (χ4v) is 5.02. The Morgan fingerprint density at radius 1 is 0.971 bits per heavy atom. The first kappa shape index (κ1) is 24.3. The molecular weight excluding hydrogens is 428 g/mol. The number of esters is 1. The van der Waals surface area contributed by atoms with Crippen LogP contribution in [0.15, 0.2) is 30.6 Å². The highest BCUT2D eigenvalue weighted by atomic mass is 16.5. The lowest BCUT2D eigenvalue weighted by molar-refractivity contribution is -0.140. The molecule has 2 aromatic heterocycles. The van der Waals surface area contributed by atoms with Gasteiger partial charge in [0.25, 0.3) is 0 Å². The molecule has 4 rings (SSSR count). The van der Waals surface area contributed by atoms with E-state index in [0.717, 1.165) is 56.9 Å². The van der Waals surface area contributed by atoms with Crippen LogP contribution in [0, 0.1) is 17.8 Å². The third-order valence-electron chi connectivity index (χ3n) is 7.04. The summed E-state index contributed by atoms with van der Waals surface area (Å²) in [4.78, 5) is 39.4. The van der Waals surface area contributed by atoms with Crippen molar-refractivity contribution in [3.05, 3.63) is 36.3 Å². The molecule has 34 heavy (non-hydrogen) atoms. The summed E-state index contributed by atoms with van der Waals surface area (Å²) in [7, 11) is 0. The second kappa shape index (κ2) is 11.5. The lowest BCUT2D eigenvalue weighted by Gasteiger charge is -2.27. The zero-order valence-corrected chi connectivity index (χ0v) is 20.3. The average molecular weight is 465 g/mol. The molecule has 2 aliphatic carbocycles. The van der Waals surface area contributed by atoms with Crippen LogP contribution in [0.25, 0.3) is 11.4 Å². The van der Waals surface area contributed by atoms with E-state index in [-0.39, 0.29) is 41.6 Å². The number of hydrogen-bond donors (Lipinski definition) is 1. The van der Waals surface area contributed by atoms with E-state index in [9.17, 15) is 9.59 Å². The highest BCUT2D eigenvalue weighted by Gasteiger charge is 2.28. The molecule has 0 aromatic carbocycles. The van der Waals surface area contributed by atoms with Gasteiger partial charge in [-0.05, 0) is 43.7 Å². The Kier molecular flexibility index (Phi) is 8.25. The van der Waals surface area contributed by atoms with E-state index in [4.69, 9.17) is 9.72 Å². The highest BCUT2D eigenvalue weighted by Crippen LogP contribution is 2.30. The summed E-state index contributed by atoms with van der Waals surface area (Å²) in [6, 6.07) is 5.11. The summed E-state index contributed by atoms with van der Waals surface area (Å²) < 4.78 is 5.78. The van der Waals surface area contributed by atoms with Crippen LogP contribution in [0.2, 0.25) is 0 Å². The van der Waals surface area contributed by atoms with Crippen LogP contribution >= 0.6 is 0 Å². The Bertz CT molecular complexity index is 967. The maximum atomic E-state index is 13.1. The molecule has 182 valence electrons. The lowest BCUT2D eigenvalue weighted by Crippen LogP contribution is -2.37. The smallest absolute Gasteiger partial charge is 0.315 e. The maximum absolute atomic E-state index is 13.1. The summed E-state index contributed by atoms with van der Waals surface area (Å²) in [6.07, 6.45) is 13.7. The summed E-state index contributed by atoms with van der Waals surface area (Å²) >= 11 is 0. The third-order valence-corrected chi connectivity index (χ3v) is 7.04. The zero-order chi connectivity index (χ0) is 23.9. The second-order valence-electron chi connectivity index (χ2n) is 10.0. The fourth-order valence-electron chi connectivity index (χ4n) is 5.02. The van der Waals surface area contributed by atoms with Gasteiger partial charge in [0.15, 0.2) is 5.82 Å². The molecule has 0 spiro atoms. The first-order valence-corrected chi connectivity index (χ1v) is 12.8. The number of hydrogen-bond acceptors (Lipinski definition) is 6. The zero-order valence-electron chi connectivity index (χ0n) is 20.3. The molecule has 2 fully saturated rings. The summed E-state index contributed by atoms with van der Waals surface area (Å²) in [6.45, 7) is 4.12. The normalized spacial score (nSPS) is 18.4. The number of amides is 1. The summed E-state index contributed by atoms with van der Waals surface area (Å²) in [5, 5.41) is 3.24. The van der Waals surface area contributed by atoms with Gasteiger partial charge in [0.1, 0.15) is 0 Å². The molecule has 2 aromatic rings. The fraction of sp³-hybridized carbons (Fsp3) is 0.593. The number of ether oxygens (including phenoxy) is 1. The molecule has 0 saturated heterocycles. The van der Waals surface area contributed by atoms with Gasteiger partial charge in [0, 0.05) is 29.9 Å². The van der Waals surface area contributed by atoms with E-state index < -0.39 is 0 Å². The number of nitrogens with zero attached hydrogens (tertiary/aromatic N) is 3. The first-order chi connectivity index (χ1) is 16.5. The van der Waals surface area contributed by atoms with Crippen molar-refractivity contribution in [2.75, 3.05) is 0 Å². The molecule has 0 bridgehead atoms. The van der Waals surface area contributed by atoms with Gasteiger partial charge < -0.3 is 10.1 Å². The number of carbonyl (C=O) groups excluding carboxylic acids is 2.